The fraction of sp³-hybridized carbons (Fsp3) is 0.692. The third kappa shape index (κ3) is 5.74. The van der Waals surface area contributed by atoms with Crippen LogP contribution in [0.15, 0.2) is 21.9 Å². The van der Waals surface area contributed by atoms with Crippen molar-refractivity contribution in [3.8, 4) is 0 Å². The minimum atomic E-state index is -6.31. The number of aromatic nitrogens is 2. The van der Waals surface area contributed by atoms with Crippen LogP contribution in [0.4, 0.5) is 26.3 Å². The summed E-state index contributed by atoms with van der Waals surface area (Å²) in [5, 5.41) is 0. The number of ether oxygens (including phenoxy) is 2. The Morgan fingerprint density at radius 1 is 1.06 bits per heavy atom. The Morgan fingerprint density at radius 3 is 1.94 bits per heavy atom. The van der Waals surface area contributed by atoms with Gasteiger partial charge in [-0.2, -0.15) is 43.2 Å². The molecule has 0 bridgehead atoms. The van der Waals surface area contributed by atoms with Gasteiger partial charge in [0.2, 0.25) is 0 Å². The number of aromatic amines is 1. The van der Waals surface area contributed by atoms with Crippen molar-refractivity contribution in [2.45, 2.75) is 35.4 Å². The topological polar surface area (TPSA) is 160 Å². The molecule has 2 heterocycles. The van der Waals surface area contributed by atoms with Crippen LogP contribution in [-0.4, -0.2) is 69.4 Å². The van der Waals surface area contributed by atoms with E-state index in [1.54, 1.807) is 0 Å². The van der Waals surface area contributed by atoms with E-state index in [0.717, 1.165) is 19.4 Å². The highest BCUT2D eigenvalue weighted by molar-refractivity contribution is 7.87. The molecule has 12 nitrogen and oxygen atoms in total. The van der Waals surface area contributed by atoms with E-state index in [-0.39, 0.29) is 0 Å². The van der Waals surface area contributed by atoms with E-state index in [9.17, 15) is 52.8 Å². The van der Waals surface area contributed by atoms with Crippen LogP contribution < -0.4 is 11.2 Å². The van der Waals surface area contributed by atoms with Crippen molar-refractivity contribution in [1.82, 2.24) is 9.55 Å². The summed E-state index contributed by atoms with van der Waals surface area (Å²) in [5.74, 6) is 0. The Labute approximate surface area is 180 Å². The molecule has 20 heteroatoms. The fourth-order valence-corrected chi connectivity index (χ4v) is 3.69. The third-order valence-electron chi connectivity index (χ3n) is 4.30. The molecular weight excluding hydrogens is 522 g/mol. The molecule has 0 spiro atoms. The van der Waals surface area contributed by atoms with Gasteiger partial charge in [-0.15, -0.1) is 0 Å². The maximum Gasteiger partial charge on any atom is 0.523 e. The lowest BCUT2D eigenvalue weighted by Gasteiger charge is -2.32. The minimum Gasteiger partial charge on any atom is -0.378 e. The monoisotopic (exact) mass is 536 g/mol. The smallest absolute Gasteiger partial charge is 0.378 e. The van der Waals surface area contributed by atoms with Gasteiger partial charge in [-0.3, -0.25) is 22.7 Å². The van der Waals surface area contributed by atoms with Crippen molar-refractivity contribution in [3.05, 3.63) is 33.1 Å². The molecular formula is C13H14F6N2O10S2. The van der Waals surface area contributed by atoms with E-state index in [2.05, 4.69) is 8.37 Å². The summed E-state index contributed by atoms with van der Waals surface area (Å²) < 4.78 is 139. The van der Waals surface area contributed by atoms with Gasteiger partial charge in [0.15, 0.2) is 0 Å². The summed E-state index contributed by atoms with van der Waals surface area (Å²) in [6, 6.07) is 0.821. The summed E-state index contributed by atoms with van der Waals surface area (Å²) in [4.78, 5) is 25.0. The summed E-state index contributed by atoms with van der Waals surface area (Å²) in [7, 11) is -11.7. The molecule has 0 radical (unpaired) electrons. The molecule has 1 saturated heterocycles. The Hall–Kier alpha value is -2.00. The van der Waals surface area contributed by atoms with Crippen molar-refractivity contribution in [3.63, 3.8) is 0 Å². The highest BCUT2D eigenvalue weighted by Crippen LogP contribution is 2.40. The molecule has 1 aromatic heterocycles. The second kappa shape index (κ2) is 8.98. The van der Waals surface area contributed by atoms with Crippen LogP contribution in [0.3, 0.4) is 0 Å². The Bertz CT molecular complexity index is 1140. The number of halogens is 6. The Kier molecular flexibility index (Phi) is 7.42. The zero-order valence-corrected chi connectivity index (χ0v) is 17.7. The van der Waals surface area contributed by atoms with Gasteiger partial charge in [-0.05, 0) is 0 Å². The predicted octanol–water partition coefficient (Wildman–Crippen LogP) is -0.0583. The first kappa shape index (κ1) is 27.2. The summed E-state index contributed by atoms with van der Waals surface area (Å²) in [6.07, 6.45) is -2.90. The van der Waals surface area contributed by atoms with E-state index < -0.39 is 80.1 Å². The highest BCUT2D eigenvalue weighted by atomic mass is 32.2. The van der Waals surface area contributed by atoms with Crippen LogP contribution in [0.1, 0.15) is 12.6 Å². The van der Waals surface area contributed by atoms with Crippen molar-refractivity contribution in [1.29, 1.82) is 0 Å². The van der Waals surface area contributed by atoms with Crippen LogP contribution in [-0.2, 0) is 38.1 Å². The van der Waals surface area contributed by atoms with Crippen LogP contribution in [0.25, 0.3) is 0 Å². The van der Waals surface area contributed by atoms with Gasteiger partial charge >= 0.3 is 36.9 Å². The number of alkyl halides is 6. The van der Waals surface area contributed by atoms with E-state index in [4.69, 9.17) is 9.47 Å². The molecule has 33 heavy (non-hydrogen) atoms. The SMILES string of the molecule is CO[C@H]1C[C@H](n2ccc(=O)[nH]c2=O)OC1(COS(=O)(=O)C(F)(F)F)COS(=O)(=O)C(F)(F)F. The predicted molar refractivity (Wildman–Crippen MR) is 91.4 cm³/mol. The lowest BCUT2D eigenvalue weighted by Crippen LogP contribution is -2.51. The van der Waals surface area contributed by atoms with E-state index in [0.29, 0.717) is 4.57 Å². The molecule has 190 valence electrons. The molecule has 1 N–H and O–H groups in total. The van der Waals surface area contributed by atoms with E-state index >= 15 is 0 Å². The van der Waals surface area contributed by atoms with Gasteiger partial charge in [-0.1, -0.05) is 0 Å². The van der Waals surface area contributed by atoms with Crippen molar-refractivity contribution in [2.75, 3.05) is 20.3 Å². The average Bonchev–Trinajstić information content (AvgIpc) is 3.02. The number of hydrogen-bond donors (Lipinski definition) is 1. The lowest BCUT2D eigenvalue weighted by molar-refractivity contribution is -0.151. The van der Waals surface area contributed by atoms with Gasteiger partial charge in [0, 0.05) is 25.8 Å². The average molecular weight is 536 g/mol. The molecule has 0 saturated carbocycles. The maximum atomic E-state index is 12.6. The minimum absolute atomic E-state index is 0.534. The lowest BCUT2D eigenvalue weighted by atomic mass is 9.99. The standard InChI is InChI=1S/C13H14F6N2O10S2/c1-28-7-4-9(21-3-2-8(22)20-10(21)23)31-11(7,5-29-32(24,25)12(14,15)16)6-30-33(26,27)13(17,18)19/h2-3,7,9H,4-6H2,1H3,(H,20,22,23)/t7-,9+/m0/s1. The van der Waals surface area contributed by atoms with Gasteiger partial charge in [-0.25, -0.2) is 4.79 Å². The van der Waals surface area contributed by atoms with Gasteiger partial charge in [0.25, 0.3) is 5.56 Å². The molecule has 0 aliphatic carbocycles. The van der Waals surface area contributed by atoms with Crippen molar-refractivity contribution in [2.24, 2.45) is 0 Å². The zero-order valence-electron chi connectivity index (χ0n) is 16.0. The second-order valence-electron chi connectivity index (χ2n) is 6.44. The zero-order chi connectivity index (χ0) is 25.5. The van der Waals surface area contributed by atoms with Gasteiger partial charge in [0.1, 0.15) is 25.0 Å². The molecule has 2 atom stereocenters. The molecule has 1 aliphatic rings. The van der Waals surface area contributed by atoms with Gasteiger partial charge < -0.3 is 9.47 Å². The van der Waals surface area contributed by atoms with Crippen molar-refractivity contribution < 1.29 is 61.0 Å². The molecule has 0 unspecified atom stereocenters. The molecule has 0 amide bonds. The number of H-pyrrole nitrogens is 1. The maximum absolute atomic E-state index is 12.6. The first-order chi connectivity index (χ1) is 14.9. The number of methoxy groups -OCH3 is 1. The highest BCUT2D eigenvalue weighted by Gasteiger charge is 2.57. The van der Waals surface area contributed by atoms with Gasteiger partial charge in [0.05, 0.1) is 6.10 Å². The summed E-state index contributed by atoms with van der Waals surface area (Å²) >= 11 is 0. The quantitative estimate of drug-likeness (QED) is 0.271. The number of nitrogens with zero attached hydrogens (tertiary/aromatic N) is 1. The molecule has 1 aromatic rings. The Balaban J connectivity index is 2.47. The largest absolute Gasteiger partial charge is 0.523 e. The summed E-state index contributed by atoms with van der Waals surface area (Å²) in [6.45, 7) is -3.43. The second-order valence-corrected chi connectivity index (χ2v) is 9.65. The van der Waals surface area contributed by atoms with E-state index in [1.165, 1.54) is 0 Å². The molecule has 1 fully saturated rings. The van der Waals surface area contributed by atoms with Crippen LogP contribution in [0, 0.1) is 0 Å². The van der Waals surface area contributed by atoms with Crippen LogP contribution >= 0.6 is 0 Å². The van der Waals surface area contributed by atoms with Crippen LogP contribution in [0.5, 0.6) is 0 Å². The number of nitrogens with one attached hydrogen (secondary N) is 1. The molecule has 0 aromatic carbocycles. The fourth-order valence-electron chi connectivity index (χ4n) is 2.71. The Morgan fingerprint density at radius 2 is 1.55 bits per heavy atom. The number of rotatable bonds is 8. The van der Waals surface area contributed by atoms with E-state index in [1.807, 2.05) is 4.98 Å². The third-order valence-corrected chi connectivity index (χ3v) is 6.29. The number of hydrogen-bond acceptors (Lipinski definition) is 10. The summed E-state index contributed by atoms with van der Waals surface area (Å²) in [5.41, 5.74) is -16.6. The first-order valence-electron chi connectivity index (χ1n) is 8.29. The normalized spacial score (nSPS) is 21.9. The van der Waals surface area contributed by atoms with Crippen molar-refractivity contribution >= 4 is 20.2 Å². The molecule has 2 rings (SSSR count). The molecule has 1 aliphatic heterocycles. The van der Waals surface area contributed by atoms with Crippen LogP contribution in [0.2, 0.25) is 0 Å². The first-order valence-corrected chi connectivity index (χ1v) is 11.1.